The van der Waals surface area contributed by atoms with Crippen LogP contribution in [0.25, 0.3) is 0 Å². The van der Waals surface area contributed by atoms with Crippen LogP contribution in [-0.4, -0.2) is 45.1 Å². The Kier molecular flexibility index (Phi) is 6.14. The number of furan rings is 1. The van der Waals surface area contributed by atoms with Crippen LogP contribution in [0.4, 0.5) is 5.95 Å². The fourth-order valence-corrected chi connectivity index (χ4v) is 3.84. The zero-order valence-electron chi connectivity index (χ0n) is 16.6. The molecule has 3 rings (SSSR count). The standard InChI is InChI=1S/C19H29N5O2S/c1-14-7-9-23(10-8-14)17-21-22-18(24(17)12-15-6-5-11-26-15)27-13-16(25)20-19(2,3)4/h5-6,11,14H,7-10,12-13H2,1-4H3,(H,20,25). The molecule has 3 heterocycles. The van der Waals surface area contributed by atoms with Crippen LogP contribution < -0.4 is 10.2 Å². The second-order valence-electron chi connectivity index (χ2n) is 8.20. The van der Waals surface area contributed by atoms with Gasteiger partial charge in [-0.05, 0) is 51.7 Å². The summed E-state index contributed by atoms with van der Waals surface area (Å²) in [5, 5.41) is 12.5. The highest BCUT2D eigenvalue weighted by molar-refractivity contribution is 7.99. The van der Waals surface area contributed by atoms with Crippen molar-refractivity contribution < 1.29 is 9.21 Å². The molecule has 0 unspecified atom stereocenters. The lowest BCUT2D eigenvalue weighted by Gasteiger charge is -2.31. The summed E-state index contributed by atoms with van der Waals surface area (Å²) in [5.74, 6) is 2.76. The molecule has 8 heteroatoms. The topological polar surface area (TPSA) is 76.2 Å². The Hall–Kier alpha value is -1.96. The SMILES string of the molecule is CC1CCN(c2nnc(SCC(=O)NC(C)(C)C)n2Cc2ccco2)CC1. The molecular formula is C19H29N5O2S. The molecule has 1 fully saturated rings. The van der Waals surface area contributed by atoms with E-state index in [0.29, 0.717) is 12.3 Å². The van der Waals surface area contributed by atoms with E-state index in [0.717, 1.165) is 48.7 Å². The lowest BCUT2D eigenvalue weighted by atomic mass is 10.00. The van der Waals surface area contributed by atoms with Gasteiger partial charge in [-0.3, -0.25) is 9.36 Å². The summed E-state index contributed by atoms with van der Waals surface area (Å²) < 4.78 is 7.59. The van der Waals surface area contributed by atoms with Gasteiger partial charge in [0.1, 0.15) is 5.76 Å². The first-order valence-corrected chi connectivity index (χ1v) is 10.4. The first-order chi connectivity index (χ1) is 12.8. The maximum Gasteiger partial charge on any atom is 0.230 e. The summed E-state index contributed by atoms with van der Waals surface area (Å²) in [5.41, 5.74) is -0.241. The van der Waals surface area contributed by atoms with Crippen molar-refractivity contribution >= 4 is 23.6 Å². The maximum absolute atomic E-state index is 12.2. The molecule has 148 valence electrons. The number of piperidine rings is 1. The predicted octanol–water partition coefficient (Wildman–Crippen LogP) is 3.16. The summed E-state index contributed by atoms with van der Waals surface area (Å²) in [4.78, 5) is 14.5. The summed E-state index contributed by atoms with van der Waals surface area (Å²) in [6.45, 7) is 10.7. The van der Waals surface area contributed by atoms with Crippen LogP contribution in [-0.2, 0) is 11.3 Å². The highest BCUT2D eigenvalue weighted by Gasteiger charge is 2.24. The molecule has 1 N–H and O–H groups in total. The Morgan fingerprint density at radius 2 is 2.07 bits per heavy atom. The number of carbonyl (C=O) groups excluding carboxylic acids is 1. The molecule has 1 aliphatic rings. The van der Waals surface area contributed by atoms with Gasteiger partial charge in [-0.25, -0.2) is 0 Å². The van der Waals surface area contributed by atoms with E-state index >= 15 is 0 Å². The first kappa shape index (κ1) is 19.8. The van der Waals surface area contributed by atoms with Crippen molar-refractivity contribution in [3.63, 3.8) is 0 Å². The zero-order valence-corrected chi connectivity index (χ0v) is 17.4. The molecule has 27 heavy (non-hydrogen) atoms. The highest BCUT2D eigenvalue weighted by atomic mass is 32.2. The third-order valence-electron chi connectivity index (χ3n) is 4.50. The van der Waals surface area contributed by atoms with Gasteiger partial charge in [0.05, 0.1) is 18.6 Å². The largest absolute Gasteiger partial charge is 0.467 e. The van der Waals surface area contributed by atoms with E-state index < -0.39 is 0 Å². The van der Waals surface area contributed by atoms with Crippen molar-refractivity contribution in [2.45, 2.75) is 57.8 Å². The van der Waals surface area contributed by atoms with Gasteiger partial charge >= 0.3 is 0 Å². The molecule has 0 bridgehead atoms. The monoisotopic (exact) mass is 391 g/mol. The van der Waals surface area contributed by atoms with E-state index in [1.54, 1.807) is 6.26 Å². The molecule has 7 nitrogen and oxygen atoms in total. The number of anilines is 1. The zero-order chi connectivity index (χ0) is 19.4. The Morgan fingerprint density at radius 3 is 2.70 bits per heavy atom. The Balaban J connectivity index is 1.75. The van der Waals surface area contributed by atoms with E-state index in [1.807, 2.05) is 32.9 Å². The smallest absolute Gasteiger partial charge is 0.230 e. The molecule has 2 aromatic rings. The predicted molar refractivity (Wildman–Crippen MR) is 107 cm³/mol. The highest BCUT2D eigenvalue weighted by Crippen LogP contribution is 2.27. The fourth-order valence-electron chi connectivity index (χ4n) is 3.11. The van der Waals surface area contributed by atoms with E-state index in [2.05, 4.69) is 31.9 Å². The van der Waals surface area contributed by atoms with E-state index in [1.165, 1.54) is 11.8 Å². The third-order valence-corrected chi connectivity index (χ3v) is 5.47. The van der Waals surface area contributed by atoms with Gasteiger partial charge in [-0.1, -0.05) is 18.7 Å². The van der Waals surface area contributed by atoms with Gasteiger partial charge in [-0.2, -0.15) is 0 Å². The molecule has 0 atom stereocenters. The summed E-state index contributed by atoms with van der Waals surface area (Å²) in [6.07, 6.45) is 3.99. The molecule has 2 aromatic heterocycles. The van der Waals surface area contributed by atoms with Crippen molar-refractivity contribution in [3.8, 4) is 0 Å². The lowest BCUT2D eigenvalue weighted by molar-refractivity contribution is -0.119. The van der Waals surface area contributed by atoms with Crippen LogP contribution in [0.3, 0.4) is 0 Å². The number of amides is 1. The van der Waals surface area contributed by atoms with E-state index in [9.17, 15) is 4.79 Å². The lowest BCUT2D eigenvalue weighted by Crippen LogP contribution is -2.41. The van der Waals surface area contributed by atoms with Crippen LogP contribution in [0.1, 0.15) is 46.3 Å². The normalized spacial score (nSPS) is 15.9. The van der Waals surface area contributed by atoms with Crippen molar-refractivity contribution in [3.05, 3.63) is 24.2 Å². The van der Waals surface area contributed by atoms with Crippen LogP contribution >= 0.6 is 11.8 Å². The van der Waals surface area contributed by atoms with Crippen LogP contribution in [0.5, 0.6) is 0 Å². The molecule has 0 aliphatic carbocycles. The minimum atomic E-state index is -0.241. The first-order valence-electron chi connectivity index (χ1n) is 9.46. The number of carbonyl (C=O) groups is 1. The van der Waals surface area contributed by atoms with Gasteiger partial charge in [0.15, 0.2) is 5.16 Å². The van der Waals surface area contributed by atoms with Crippen molar-refractivity contribution in [1.29, 1.82) is 0 Å². The number of hydrogen-bond acceptors (Lipinski definition) is 6. The van der Waals surface area contributed by atoms with Crippen molar-refractivity contribution in [2.24, 2.45) is 5.92 Å². The quantitative estimate of drug-likeness (QED) is 0.762. The summed E-state index contributed by atoms with van der Waals surface area (Å²) in [6, 6.07) is 3.83. The second kappa shape index (κ2) is 8.37. The molecule has 0 saturated carbocycles. The van der Waals surface area contributed by atoms with Crippen LogP contribution in [0, 0.1) is 5.92 Å². The summed E-state index contributed by atoms with van der Waals surface area (Å²) in [7, 11) is 0. The van der Waals surface area contributed by atoms with Gasteiger partial charge in [0.25, 0.3) is 0 Å². The van der Waals surface area contributed by atoms with Gasteiger partial charge in [0.2, 0.25) is 11.9 Å². The molecule has 0 aromatic carbocycles. The number of thioether (sulfide) groups is 1. The molecule has 0 radical (unpaired) electrons. The maximum atomic E-state index is 12.2. The van der Waals surface area contributed by atoms with Gasteiger partial charge < -0.3 is 14.6 Å². The molecule has 1 amide bonds. The second-order valence-corrected chi connectivity index (χ2v) is 9.15. The van der Waals surface area contributed by atoms with Crippen LogP contribution in [0.15, 0.2) is 28.0 Å². The Bertz CT molecular complexity index is 743. The summed E-state index contributed by atoms with van der Waals surface area (Å²) >= 11 is 1.41. The molecule has 0 spiro atoms. The minimum absolute atomic E-state index is 0.00611. The average Bonchev–Trinajstić information content (AvgIpc) is 3.23. The van der Waals surface area contributed by atoms with E-state index in [4.69, 9.17) is 4.42 Å². The van der Waals surface area contributed by atoms with Gasteiger partial charge in [0, 0.05) is 18.6 Å². The van der Waals surface area contributed by atoms with Crippen molar-refractivity contribution in [1.82, 2.24) is 20.1 Å². The fraction of sp³-hybridized carbons (Fsp3) is 0.632. The number of hydrogen-bond donors (Lipinski definition) is 1. The third kappa shape index (κ3) is 5.51. The molecular weight excluding hydrogens is 362 g/mol. The Morgan fingerprint density at radius 1 is 1.33 bits per heavy atom. The number of aromatic nitrogens is 3. The number of rotatable bonds is 6. The minimum Gasteiger partial charge on any atom is -0.467 e. The average molecular weight is 392 g/mol. The van der Waals surface area contributed by atoms with Crippen LogP contribution in [0.2, 0.25) is 0 Å². The number of nitrogens with zero attached hydrogens (tertiary/aromatic N) is 4. The Labute approximate surface area is 164 Å². The number of nitrogens with one attached hydrogen (secondary N) is 1. The van der Waals surface area contributed by atoms with E-state index in [-0.39, 0.29) is 11.4 Å². The molecule has 1 saturated heterocycles. The van der Waals surface area contributed by atoms with Crippen molar-refractivity contribution in [2.75, 3.05) is 23.7 Å². The molecule has 1 aliphatic heterocycles. The van der Waals surface area contributed by atoms with Gasteiger partial charge in [-0.15, -0.1) is 10.2 Å².